The van der Waals surface area contributed by atoms with Crippen molar-refractivity contribution in [2.75, 3.05) is 26.7 Å². The molecule has 1 heterocycles. The molecule has 2 N–H and O–H groups in total. The molecule has 0 amide bonds. The summed E-state index contributed by atoms with van der Waals surface area (Å²) in [5.74, 6) is 2.38. The molecule has 1 aliphatic heterocycles. The van der Waals surface area contributed by atoms with Gasteiger partial charge in [-0.1, -0.05) is 19.1 Å². The fourth-order valence-corrected chi connectivity index (χ4v) is 3.05. The summed E-state index contributed by atoms with van der Waals surface area (Å²) >= 11 is 0. The molecular formula is C19H33IN4O. The number of halogens is 1. The van der Waals surface area contributed by atoms with Gasteiger partial charge in [-0.15, -0.1) is 24.0 Å². The van der Waals surface area contributed by atoms with Gasteiger partial charge in [-0.2, -0.15) is 0 Å². The van der Waals surface area contributed by atoms with Crippen LogP contribution >= 0.6 is 24.0 Å². The van der Waals surface area contributed by atoms with E-state index < -0.39 is 0 Å². The molecule has 2 atom stereocenters. The van der Waals surface area contributed by atoms with Crippen molar-refractivity contribution in [1.29, 1.82) is 0 Å². The third-order valence-electron chi connectivity index (χ3n) is 4.59. The predicted molar refractivity (Wildman–Crippen MR) is 116 cm³/mol. The number of nitrogens with zero attached hydrogens (tertiary/aromatic N) is 2. The van der Waals surface area contributed by atoms with Crippen LogP contribution in [0.5, 0.6) is 5.75 Å². The number of methoxy groups -OCH3 is 1. The highest BCUT2D eigenvalue weighted by molar-refractivity contribution is 14.0. The van der Waals surface area contributed by atoms with Crippen LogP contribution in [0.25, 0.3) is 0 Å². The first kappa shape index (κ1) is 22.0. The first-order chi connectivity index (χ1) is 11.5. The molecule has 6 heteroatoms. The first-order valence-corrected chi connectivity index (χ1v) is 8.95. The summed E-state index contributed by atoms with van der Waals surface area (Å²) in [7, 11) is 1.69. The fraction of sp³-hybridized carbons (Fsp3) is 0.632. The average Bonchev–Trinajstić information content (AvgIpc) is 2.94. The minimum Gasteiger partial charge on any atom is -0.497 e. The third kappa shape index (κ3) is 6.66. The minimum atomic E-state index is 0. The number of ether oxygens (including phenoxy) is 1. The molecule has 1 aromatic rings. The molecule has 1 saturated heterocycles. The second-order valence-electron chi connectivity index (χ2n) is 6.82. The van der Waals surface area contributed by atoms with Crippen molar-refractivity contribution in [2.45, 2.75) is 46.3 Å². The quantitative estimate of drug-likeness (QED) is 0.389. The SMILES string of the molecule is CCNC(=NCc1cccc(OC)c1)NC1CN(C(C)C)CC1C.I. The van der Waals surface area contributed by atoms with Gasteiger partial charge in [0, 0.05) is 31.7 Å². The second kappa shape index (κ2) is 10.9. The van der Waals surface area contributed by atoms with Crippen molar-refractivity contribution < 1.29 is 4.74 Å². The molecule has 5 nitrogen and oxygen atoms in total. The van der Waals surface area contributed by atoms with E-state index >= 15 is 0 Å². The van der Waals surface area contributed by atoms with Crippen molar-refractivity contribution in [1.82, 2.24) is 15.5 Å². The largest absolute Gasteiger partial charge is 0.497 e. The Labute approximate surface area is 169 Å². The van der Waals surface area contributed by atoms with Crippen molar-refractivity contribution in [3.63, 3.8) is 0 Å². The lowest BCUT2D eigenvalue weighted by atomic mass is 10.1. The maximum absolute atomic E-state index is 5.28. The van der Waals surface area contributed by atoms with Crippen LogP contribution in [0.2, 0.25) is 0 Å². The van der Waals surface area contributed by atoms with Crippen LogP contribution in [-0.4, -0.2) is 49.7 Å². The smallest absolute Gasteiger partial charge is 0.191 e. The zero-order chi connectivity index (χ0) is 17.5. The summed E-state index contributed by atoms with van der Waals surface area (Å²) in [5.41, 5.74) is 1.15. The van der Waals surface area contributed by atoms with Crippen LogP contribution in [0, 0.1) is 5.92 Å². The maximum Gasteiger partial charge on any atom is 0.191 e. The molecule has 0 spiro atoms. The molecule has 2 rings (SSSR count). The Hall–Kier alpha value is -1.02. The minimum absolute atomic E-state index is 0. The van der Waals surface area contributed by atoms with Crippen molar-refractivity contribution in [3.8, 4) is 5.75 Å². The van der Waals surface area contributed by atoms with Crippen molar-refractivity contribution in [3.05, 3.63) is 29.8 Å². The highest BCUT2D eigenvalue weighted by atomic mass is 127. The predicted octanol–water partition coefficient (Wildman–Crippen LogP) is 3.10. The molecule has 1 fully saturated rings. The lowest BCUT2D eigenvalue weighted by Crippen LogP contribution is -2.46. The summed E-state index contributed by atoms with van der Waals surface area (Å²) in [6.07, 6.45) is 0. The standard InChI is InChI=1S/C19H32N4O.HI/c1-6-20-19(21-11-16-8-7-9-17(10-16)24-5)22-18-13-23(14(2)3)12-15(18)4;/h7-10,14-15,18H,6,11-13H2,1-5H3,(H2,20,21,22);1H. The average molecular weight is 460 g/mol. The molecule has 0 aliphatic carbocycles. The van der Waals surface area contributed by atoms with E-state index in [0.29, 0.717) is 24.5 Å². The van der Waals surface area contributed by atoms with Gasteiger partial charge in [-0.25, -0.2) is 4.99 Å². The van der Waals surface area contributed by atoms with Crippen molar-refractivity contribution >= 4 is 29.9 Å². The first-order valence-electron chi connectivity index (χ1n) is 8.95. The van der Waals surface area contributed by atoms with E-state index in [2.05, 4.69) is 49.3 Å². The molecule has 0 bridgehead atoms. The highest BCUT2D eigenvalue weighted by Crippen LogP contribution is 2.18. The number of rotatable bonds is 6. The van der Waals surface area contributed by atoms with Crippen LogP contribution < -0.4 is 15.4 Å². The van der Waals surface area contributed by atoms with E-state index in [0.717, 1.165) is 36.9 Å². The van der Waals surface area contributed by atoms with Gasteiger partial charge in [-0.05, 0) is 44.4 Å². The molecular weight excluding hydrogens is 427 g/mol. The zero-order valence-corrected chi connectivity index (χ0v) is 18.4. The number of hydrogen-bond acceptors (Lipinski definition) is 3. The van der Waals surface area contributed by atoms with Crippen molar-refractivity contribution in [2.24, 2.45) is 10.9 Å². The lowest BCUT2D eigenvalue weighted by molar-refractivity contribution is 0.265. The normalized spacial score (nSPS) is 21.1. The Morgan fingerprint density at radius 2 is 2.12 bits per heavy atom. The number of guanidine groups is 1. The third-order valence-corrected chi connectivity index (χ3v) is 4.59. The molecule has 0 radical (unpaired) electrons. The summed E-state index contributed by atoms with van der Waals surface area (Å²) < 4.78 is 5.28. The molecule has 25 heavy (non-hydrogen) atoms. The van der Waals surface area contributed by atoms with E-state index in [9.17, 15) is 0 Å². The fourth-order valence-electron chi connectivity index (χ4n) is 3.05. The highest BCUT2D eigenvalue weighted by Gasteiger charge is 2.31. The van der Waals surface area contributed by atoms with Gasteiger partial charge in [0.15, 0.2) is 5.96 Å². The molecule has 142 valence electrons. The summed E-state index contributed by atoms with van der Waals surface area (Å²) in [6, 6.07) is 9.10. The Morgan fingerprint density at radius 3 is 2.72 bits per heavy atom. The Bertz CT molecular complexity index is 550. The number of hydrogen-bond donors (Lipinski definition) is 2. The Kier molecular flexibility index (Phi) is 9.56. The van der Waals surface area contributed by atoms with Gasteiger partial charge in [0.2, 0.25) is 0 Å². The van der Waals surface area contributed by atoms with Gasteiger partial charge >= 0.3 is 0 Å². The van der Waals surface area contributed by atoms with Gasteiger partial charge < -0.3 is 15.4 Å². The van der Waals surface area contributed by atoms with Crippen LogP contribution in [0.15, 0.2) is 29.3 Å². The maximum atomic E-state index is 5.28. The van der Waals surface area contributed by atoms with Gasteiger partial charge in [0.05, 0.1) is 13.7 Å². The van der Waals surface area contributed by atoms with Crippen LogP contribution in [0.3, 0.4) is 0 Å². The van der Waals surface area contributed by atoms with Gasteiger partial charge in [0.1, 0.15) is 5.75 Å². The van der Waals surface area contributed by atoms with E-state index in [-0.39, 0.29) is 24.0 Å². The van der Waals surface area contributed by atoms with Crippen LogP contribution in [0.1, 0.15) is 33.3 Å². The molecule has 1 aromatic carbocycles. The molecule has 1 aliphatic rings. The molecule has 2 unspecified atom stereocenters. The Balaban J connectivity index is 0.00000312. The topological polar surface area (TPSA) is 48.9 Å². The number of nitrogens with one attached hydrogen (secondary N) is 2. The molecule has 0 saturated carbocycles. The van der Waals surface area contributed by atoms with E-state index in [1.165, 1.54) is 0 Å². The summed E-state index contributed by atoms with van der Waals surface area (Å²) in [6.45, 7) is 12.6. The number of benzene rings is 1. The number of aliphatic imine (C=N–C) groups is 1. The van der Waals surface area contributed by atoms with E-state index in [1.807, 2.05) is 18.2 Å². The monoisotopic (exact) mass is 460 g/mol. The Morgan fingerprint density at radius 1 is 1.36 bits per heavy atom. The molecule has 0 aromatic heterocycles. The van der Waals surface area contributed by atoms with Gasteiger partial charge in [-0.3, -0.25) is 4.90 Å². The van der Waals surface area contributed by atoms with E-state index in [4.69, 9.17) is 9.73 Å². The number of likely N-dealkylation sites (tertiary alicyclic amines) is 1. The van der Waals surface area contributed by atoms with Crippen LogP contribution in [-0.2, 0) is 6.54 Å². The van der Waals surface area contributed by atoms with Crippen LogP contribution in [0.4, 0.5) is 0 Å². The zero-order valence-electron chi connectivity index (χ0n) is 16.1. The second-order valence-corrected chi connectivity index (χ2v) is 6.82. The summed E-state index contributed by atoms with van der Waals surface area (Å²) in [4.78, 5) is 7.27. The lowest BCUT2D eigenvalue weighted by Gasteiger charge is -2.22. The summed E-state index contributed by atoms with van der Waals surface area (Å²) in [5, 5.41) is 6.98. The van der Waals surface area contributed by atoms with Gasteiger partial charge in [0.25, 0.3) is 0 Å². The van der Waals surface area contributed by atoms with E-state index in [1.54, 1.807) is 7.11 Å².